The lowest BCUT2D eigenvalue weighted by molar-refractivity contribution is -0.160. The number of carboxylic acids is 1. The van der Waals surface area contributed by atoms with Gasteiger partial charge in [-0.15, -0.1) is 0 Å². The summed E-state index contributed by atoms with van der Waals surface area (Å²) in [6.45, 7) is 1.61. The Morgan fingerprint density at radius 3 is 2.64 bits per heavy atom. The Labute approximate surface area is 86.9 Å². The highest BCUT2D eigenvalue weighted by molar-refractivity contribution is 6.30. The zero-order chi connectivity index (χ0) is 10.8. The number of aliphatic carboxylic acids is 1. The first-order valence-corrected chi connectivity index (χ1v) is 4.60. The molecule has 1 aromatic rings. The van der Waals surface area contributed by atoms with E-state index in [-0.39, 0.29) is 6.42 Å². The Balaban J connectivity index is 3.19. The summed E-state index contributed by atoms with van der Waals surface area (Å²) in [7, 11) is 0. The number of halogens is 1. The van der Waals surface area contributed by atoms with E-state index in [1.165, 1.54) is 6.07 Å². The van der Waals surface area contributed by atoms with Crippen molar-refractivity contribution in [1.29, 1.82) is 0 Å². The molecule has 2 N–H and O–H groups in total. The molecule has 0 aliphatic heterocycles. The van der Waals surface area contributed by atoms with E-state index in [1.54, 1.807) is 25.1 Å². The van der Waals surface area contributed by atoms with E-state index in [4.69, 9.17) is 16.7 Å². The van der Waals surface area contributed by atoms with Crippen molar-refractivity contribution in [3.8, 4) is 0 Å². The fourth-order valence-corrected chi connectivity index (χ4v) is 1.41. The van der Waals surface area contributed by atoms with Gasteiger partial charge in [-0.3, -0.25) is 0 Å². The van der Waals surface area contributed by atoms with E-state index in [0.717, 1.165) is 0 Å². The van der Waals surface area contributed by atoms with Crippen LogP contribution in [0, 0.1) is 0 Å². The van der Waals surface area contributed by atoms with Crippen LogP contribution in [0.4, 0.5) is 0 Å². The highest BCUT2D eigenvalue weighted by Gasteiger charge is 2.35. The predicted octanol–water partition coefficient (Wildman–Crippen LogP) is 2.02. The highest BCUT2D eigenvalue weighted by Crippen LogP contribution is 2.27. The van der Waals surface area contributed by atoms with Crippen molar-refractivity contribution in [1.82, 2.24) is 0 Å². The van der Waals surface area contributed by atoms with Crippen LogP contribution in [-0.4, -0.2) is 16.2 Å². The first-order chi connectivity index (χ1) is 6.50. The van der Waals surface area contributed by atoms with E-state index in [1.807, 2.05) is 0 Å². The Hall–Kier alpha value is -1.06. The number of carboxylic acid groups (broad SMARTS) is 1. The first kappa shape index (κ1) is 11.0. The molecule has 0 saturated carbocycles. The quantitative estimate of drug-likeness (QED) is 0.810. The van der Waals surface area contributed by atoms with Gasteiger partial charge in [-0.2, -0.15) is 0 Å². The van der Waals surface area contributed by atoms with Crippen molar-refractivity contribution in [2.75, 3.05) is 0 Å². The van der Waals surface area contributed by atoms with Crippen LogP contribution in [0.5, 0.6) is 0 Å². The fourth-order valence-electron chi connectivity index (χ4n) is 1.22. The highest BCUT2D eigenvalue weighted by atomic mass is 35.5. The molecule has 0 fully saturated rings. The van der Waals surface area contributed by atoms with Crippen LogP contribution in [0.15, 0.2) is 24.3 Å². The normalized spacial score (nSPS) is 14.8. The molecule has 0 unspecified atom stereocenters. The van der Waals surface area contributed by atoms with Crippen LogP contribution in [0.1, 0.15) is 18.9 Å². The van der Waals surface area contributed by atoms with E-state index >= 15 is 0 Å². The summed E-state index contributed by atoms with van der Waals surface area (Å²) in [4.78, 5) is 10.9. The maximum Gasteiger partial charge on any atom is 0.340 e. The molecule has 0 bridgehead atoms. The fraction of sp³-hybridized carbons (Fsp3) is 0.300. The second-order valence-electron chi connectivity index (χ2n) is 3.03. The SMILES string of the molecule is CC[C@@](O)(C(=O)O)c1cccc(Cl)c1. The summed E-state index contributed by atoms with van der Waals surface area (Å²) in [5, 5.41) is 19.1. The van der Waals surface area contributed by atoms with E-state index in [9.17, 15) is 9.90 Å². The van der Waals surface area contributed by atoms with Crippen molar-refractivity contribution < 1.29 is 15.0 Å². The third-order valence-electron chi connectivity index (χ3n) is 2.17. The molecule has 76 valence electrons. The van der Waals surface area contributed by atoms with E-state index in [2.05, 4.69) is 0 Å². The zero-order valence-electron chi connectivity index (χ0n) is 7.70. The monoisotopic (exact) mass is 214 g/mol. The van der Waals surface area contributed by atoms with Crippen molar-refractivity contribution in [3.63, 3.8) is 0 Å². The summed E-state index contributed by atoms with van der Waals surface area (Å²) in [6.07, 6.45) is 0.0999. The topological polar surface area (TPSA) is 57.5 Å². The van der Waals surface area contributed by atoms with Gasteiger partial charge >= 0.3 is 5.97 Å². The lowest BCUT2D eigenvalue weighted by Gasteiger charge is -2.22. The van der Waals surface area contributed by atoms with E-state index < -0.39 is 11.6 Å². The largest absolute Gasteiger partial charge is 0.479 e. The number of rotatable bonds is 3. The number of benzene rings is 1. The molecule has 0 aliphatic rings. The molecule has 0 aliphatic carbocycles. The Bertz CT molecular complexity index is 351. The molecule has 0 radical (unpaired) electrons. The molecular weight excluding hydrogens is 204 g/mol. The molecule has 0 saturated heterocycles. The molecule has 1 atom stereocenters. The minimum Gasteiger partial charge on any atom is -0.479 e. The average molecular weight is 215 g/mol. The first-order valence-electron chi connectivity index (χ1n) is 4.22. The molecule has 0 aromatic heterocycles. The maximum atomic E-state index is 10.9. The molecule has 4 heteroatoms. The average Bonchev–Trinajstić information content (AvgIpc) is 2.16. The molecule has 0 spiro atoms. The van der Waals surface area contributed by atoms with Gasteiger partial charge in [0.2, 0.25) is 0 Å². The summed E-state index contributed by atoms with van der Waals surface area (Å²) in [5.74, 6) is -1.26. The summed E-state index contributed by atoms with van der Waals surface area (Å²) in [5.41, 5.74) is -1.54. The van der Waals surface area contributed by atoms with Gasteiger partial charge in [0.1, 0.15) is 0 Å². The van der Waals surface area contributed by atoms with Crippen molar-refractivity contribution in [2.45, 2.75) is 18.9 Å². The minimum absolute atomic E-state index is 0.0999. The summed E-state index contributed by atoms with van der Waals surface area (Å²) >= 11 is 5.71. The van der Waals surface area contributed by atoms with Crippen LogP contribution in [0.2, 0.25) is 5.02 Å². The van der Waals surface area contributed by atoms with Gasteiger partial charge < -0.3 is 10.2 Å². The molecule has 1 aromatic carbocycles. The molecule has 0 heterocycles. The molecular formula is C10H11ClO3. The van der Waals surface area contributed by atoms with Gasteiger partial charge in [0, 0.05) is 5.02 Å². The zero-order valence-corrected chi connectivity index (χ0v) is 8.45. The number of hydrogen-bond donors (Lipinski definition) is 2. The standard InChI is InChI=1S/C10H11ClO3/c1-2-10(14,9(12)13)7-4-3-5-8(11)6-7/h3-6,14H,2H2,1H3,(H,12,13)/t10-/m0/s1. The van der Waals surface area contributed by atoms with Crippen LogP contribution in [-0.2, 0) is 10.4 Å². The Morgan fingerprint density at radius 1 is 1.57 bits per heavy atom. The van der Waals surface area contributed by atoms with Gasteiger partial charge in [0.05, 0.1) is 0 Å². The maximum absolute atomic E-state index is 10.9. The Kier molecular flexibility index (Phi) is 3.13. The molecule has 0 amide bonds. The van der Waals surface area contributed by atoms with Gasteiger partial charge in [-0.05, 0) is 24.1 Å². The summed E-state index contributed by atoms with van der Waals surface area (Å²) < 4.78 is 0. The Morgan fingerprint density at radius 2 is 2.21 bits per heavy atom. The van der Waals surface area contributed by atoms with Gasteiger partial charge in [0.15, 0.2) is 5.60 Å². The summed E-state index contributed by atoms with van der Waals surface area (Å²) in [6, 6.07) is 6.24. The molecule has 14 heavy (non-hydrogen) atoms. The van der Waals surface area contributed by atoms with Crippen LogP contribution in [0.3, 0.4) is 0 Å². The van der Waals surface area contributed by atoms with Crippen LogP contribution in [0.25, 0.3) is 0 Å². The third kappa shape index (κ3) is 1.89. The van der Waals surface area contributed by atoms with Crippen molar-refractivity contribution in [3.05, 3.63) is 34.9 Å². The van der Waals surface area contributed by atoms with Crippen molar-refractivity contribution >= 4 is 17.6 Å². The minimum atomic E-state index is -1.84. The van der Waals surface area contributed by atoms with Crippen LogP contribution >= 0.6 is 11.6 Å². The number of carbonyl (C=O) groups is 1. The van der Waals surface area contributed by atoms with Crippen molar-refractivity contribution in [2.24, 2.45) is 0 Å². The van der Waals surface area contributed by atoms with Crippen LogP contribution < -0.4 is 0 Å². The smallest absolute Gasteiger partial charge is 0.340 e. The molecule has 1 rings (SSSR count). The van der Waals surface area contributed by atoms with Gasteiger partial charge in [-0.1, -0.05) is 30.7 Å². The third-order valence-corrected chi connectivity index (χ3v) is 2.40. The second-order valence-corrected chi connectivity index (χ2v) is 3.47. The lowest BCUT2D eigenvalue weighted by Crippen LogP contribution is -2.34. The number of hydrogen-bond acceptors (Lipinski definition) is 2. The second kappa shape index (κ2) is 3.98. The number of aliphatic hydroxyl groups is 1. The van der Waals surface area contributed by atoms with Gasteiger partial charge in [-0.25, -0.2) is 4.79 Å². The predicted molar refractivity (Wildman–Crippen MR) is 53.3 cm³/mol. The lowest BCUT2D eigenvalue weighted by atomic mass is 9.91. The molecule has 3 nitrogen and oxygen atoms in total. The van der Waals surface area contributed by atoms with E-state index in [0.29, 0.717) is 10.6 Å². The van der Waals surface area contributed by atoms with Gasteiger partial charge in [0.25, 0.3) is 0 Å².